The molecule has 3 rings (SSSR count). The van der Waals surface area contributed by atoms with E-state index in [0.29, 0.717) is 0 Å². The van der Waals surface area contributed by atoms with Crippen LogP contribution in [-0.4, -0.2) is 63.8 Å². The monoisotopic (exact) mass is 529 g/mol. The number of hydrogen-bond donors (Lipinski definition) is 6. The standard InChI is InChI=1S/3C4H4N2O2.Ir/c3*7-4(8)3-1-2-5-6-3;/h3*1-2H,(H,5,6)(H,7,8);. The quantitative estimate of drug-likeness (QED) is 0.277. The van der Waals surface area contributed by atoms with Crippen molar-refractivity contribution in [1.29, 1.82) is 0 Å². The first kappa shape index (κ1) is 21.7. The minimum absolute atomic E-state index is 0. The molecule has 135 valence electrons. The molecule has 3 heterocycles. The van der Waals surface area contributed by atoms with E-state index in [1.54, 1.807) is 0 Å². The number of hydrogen-bond acceptors (Lipinski definition) is 6. The molecule has 13 heteroatoms. The summed E-state index contributed by atoms with van der Waals surface area (Å²) in [5, 5.41) is 41.8. The van der Waals surface area contributed by atoms with Gasteiger partial charge in [0.05, 0.1) is 0 Å². The van der Waals surface area contributed by atoms with Gasteiger partial charge in [-0.15, -0.1) is 0 Å². The van der Waals surface area contributed by atoms with Crippen LogP contribution in [0.2, 0.25) is 0 Å². The van der Waals surface area contributed by atoms with Crippen molar-refractivity contribution in [1.82, 2.24) is 30.6 Å². The van der Waals surface area contributed by atoms with E-state index >= 15 is 0 Å². The predicted octanol–water partition coefficient (Wildman–Crippen LogP) is 0.321. The Morgan fingerprint density at radius 1 is 0.640 bits per heavy atom. The van der Waals surface area contributed by atoms with E-state index in [9.17, 15) is 14.4 Å². The summed E-state index contributed by atoms with van der Waals surface area (Å²) in [5.74, 6) is -2.95. The van der Waals surface area contributed by atoms with E-state index in [1.807, 2.05) is 0 Å². The third-order valence-corrected chi connectivity index (χ3v) is 2.19. The van der Waals surface area contributed by atoms with Gasteiger partial charge < -0.3 is 15.3 Å². The van der Waals surface area contributed by atoms with Gasteiger partial charge in [-0.3, -0.25) is 15.3 Å². The number of rotatable bonds is 3. The van der Waals surface area contributed by atoms with E-state index < -0.39 is 17.9 Å². The molecule has 0 atom stereocenters. The third-order valence-electron chi connectivity index (χ3n) is 2.19. The Morgan fingerprint density at radius 2 is 0.880 bits per heavy atom. The van der Waals surface area contributed by atoms with Crippen LogP contribution in [0, 0.1) is 0 Å². The molecule has 0 saturated carbocycles. The Kier molecular flexibility index (Phi) is 9.77. The number of H-pyrrole nitrogens is 3. The predicted molar refractivity (Wildman–Crippen MR) is 76.6 cm³/mol. The Labute approximate surface area is 152 Å². The minimum atomic E-state index is -0.984. The smallest absolute Gasteiger partial charge is 0.353 e. The number of aromatic carboxylic acids is 3. The van der Waals surface area contributed by atoms with Gasteiger partial charge in [0.25, 0.3) is 0 Å². The molecule has 0 aliphatic rings. The number of carboxylic acids is 3. The number of carbonyl (C=O) groups is 3. The van der Waals surface area contributed by atoms with Crippen LogP contribution in [0.3, 0.4) is 0 Å². The van der Waals surface area contributed by atoms with Gasteiger partial charge in [0.1, 0.15) is 17.1 Å². The van der Waals surface area contributed by atoms with Gasteiger partial charge in [-0.25, -0.2) is 14.4 Å². The van der Waals surface area contributed by atoms with Crippen molar-refractivity contribution >= 4 is 17.9 Å². The van der Waals surface area contributed by atoms with Crippen LogP contribution < -0.4 is 0 Å². The summed E-state index contributed by atoms with van der Waals surface area (Å²) in [4.78, 5) is 30.0. The van der Waals surface area contributed by atoms with Crippen LogP contribution in [-0.2, 0) is 20.1 Å². The van der Waals surface area contributed by atoms with Crippen LogP contribution in [0.15, 0.2) is 36.8 Å². The Balaban J connectivity index is 0.000000339. The Hall–Kier alpha value is -3.31. The third kappa shape index (κ3) is 8.20. The van der Waals surface area contributed by atoms with Gasteiger partial charge in [0.2, 0.25) is 0 Å². The maximum absolute atomic E-state index is 9.99. The first-order chi connectivity index (χ1) is 11.4. The molecule has 0 spiro atoms. The fourth-order valence-electron chi connectivity index (χ4n) is 1.12. The molecule has 1 radical (unpaired) electrons. The number of aromatic nitrogens is 6. The van der Waals surface area contributed by atoms with Crippen LogP contribution in [0.4, 0.5) is 0 Å². The molecule has 25 heavy (non-hydrogen) atoms. The SMILES string of the molecule is O=C(O)c1ccn[nH]1.O=C(O)c1ccn[nH]1.O=C(O)c1ccn[nH]1.[Ir]. The Morgan fingerprint density at radius 3 is 0.960 bits per heavy atom. The van der Waals surface area contributed by atoms with Crippen LogP contribution in [0.5, 0.6) is 0 Å². The fourth-order valence-corrected chi connectivity index (χ4v) is 1.12. The number of carboxylic acid groups (broad SMARTS) is 3. The molecule has 3 aromatic rings. The first-order valence-corrected chi connectivity index (χ1v) is 6.09. The summed E-state index contributed by atoms with van der Waals surface area (Å²) in [6, 6.07) is 4.17. The summed E-state index contributed by atoms with van der Waals surface area (Å²) in [7, 11) is 0. The average Bonchev–Trinajstić information content (AvgIpc) is 3.29. The maximum atomic E-state index is 9.99. The van der Waals surface area contributed by atoms with E-state index in [-0.39, 0.29) is 37.2 Å². The van der Waals surface area contributed by atoms with E-state index in [1.165, 1.54) is 36.8 Å². The van der Waals surface area contributed by atoms with Crippen LogP contribution in [0.1, 0.15) is 31.5 Å². The van der Waals surface area contributed by atoms with Gasteiger partial charge >= 0.3 is 17.9 Å². The molecule has 3 aromatic heterocycles. The maximum Gasteiger partial charge on any atom is 0.353 e. The zero-order valence-electron chi connectivity index (χ0n) is 12.2. The summed E-state index contributed by atoms with van der Waals surface area (Å²) < 4.78 is 0. The summed E-state index contributed by atoms with van der Waals surface area (Å²) >= 11 is 0. The van der Waals surface area contributed by atoms with Crippen molar-refractivity contribution in [3.05, 3.63) is 53.9 Å². The topological polar surface area (TPSA) is 198 Å². The normalized spacial score (nSPS) is 8.64. The molecule has 0 aliphatic heterocycles. The van der Waals surface area contributed by atoms with Crippen LogP contribution in [0.25, 0.3) is 0 Å². The number of nitrogens with zero attached hydrogens (tertiary/aromatic N) is 3. The second-order valence-electron chi connectivity index (χ2n) is 3.83. The molecule has 0 saturated heterocycles. The molecule has 0 bridgehead atoms. The minimum Gasteiger partial charge on any atom is -0.477 e. The van der Waals surface area contributed by atoms with Crippen LogP contribution >= 0.6 is 0 Å². The first-order valence-electron chi connectivity index (χ1n) is 6.09. The molecule has 0 unspecified atom stereocenters. The van der Waals surface area contributed by atoms with Gasteiger partial charge in [0, 0.05) is 38.7 Å². The van der Waals surface area contributed by atoms with Crippen molar-refractivity contribution in [2.75, 3.05) is 0 Å². The second kappa shape index (κ2) is 11.3. The molecular formula is C12H12IrN6O6. The molecular weight excluding hydrogens is 516 g/mol. The summed E-state index contributed by atoms with van der Waals surface area (Å²) in [5.41, 5.74) is 0.347. The van der Waals surface area contributed by atoms with E-state index in [4.69, 9.17) is 15.3 Å². The molecule has 0 aliphatic carbocycles. The van der Waals surface area contributed by atoms with Crippen molar-refractivity contribution in [2.45, 2.75) is 0 Å². The van der Waals surface area contributed by atoms with Crippen molar-refractivity contribution in [2.24, 2.45) is 0 Å². The molecule has 0 amide bonds. The summed E-state index contributed by atoms with van der Waals surface area (Å²) in [6.45, 7) is 0. The number of nitrogens with one attached hydrogen (secondary N) is 3. The van der Waals surface area contributed by atoms with Gasteiger partial charge in [-0.2, -0.15) is 15.3 Å². The average molecular weight is 528 g/mol. The zero-order valence-corrected chi connectivity index (χ0v) is 14.6. The zero-order chi connectivity index (χ0) is 17.9. The van der Waals surface area contributed by atoms with E-state index in [2.05, 4.69) is 30.6 Å². The molecule has 12 nitrogen and oxygen atoms in total. The molecule has 6 N–H and O–H groups in total. The van der Waals surface area contributed by atoms with Gasteiger partial charge in [-0.05, 0) is 18.2 Å². The van der Waals surface area contributed by atoms with Crippen molar-refractivity contribution in [3.8, 4) is 0 Å². The van der Waals surface area contributed by atoms with Gasteiger partial charge in [-0.1, -0.05) is 0 Å². The molecule has 0 fully saturated rings. The van der Waals surface area contributed by atoms with Crippen molar-refractivity contribution in [3.63, 3.8) is 0 Å². The largest absolute Gasteiger partial charge is 0.477 e. The molecule has 0 aromatic carbocycles. The second-order valence-corrected chi connectivity index (χ2v) is 3.83. The fraction of sp³-hybridized carbons (Fsp3) is 0. The Bertz CT molecular complexity index is 651. The number of aromatic amines is 3. The summed E-state index contributed by atoms with van der Waals surface area (Å²) in [6.07, 6.45) is 4.18. The van der Waals surface area contributed by atoms with Crippen molar-refractivity contribution < 1.29 is 49.8 Å². The van der Waals surface area contributed by atoms with Gasteiger partial charge in [0.15, 0.2) is 0 Å². The van der Waals surface area contributed by atoms with E-state index in [0.717, 1.165) is 0 Å².